The van der Waals surface area contributed by atoms with Crippen molar-refractivity contribution in [1.82, 2.24) is 9.97 Å². The van der Waals surface area contributed by atoms with E-state index in [4.69, 9.17) is 9.47 Å². The molecule has 0 saturated heterocycles. The lowest BCUT2D eigenvalue weighted by Crippen LogP contribution is -2.04. The SMILES string of the molecule is COc1cnc(CC(C)=O)nc1OC. The van der Waals surface area contributed by atoms with Crippen molar-refractivity contribution in [2.24, 2.45) is 0 Å². The highest BCUT2D eigenvalue weighted by Crippen LogP contribution is 2.22. The fraction of sp³-hybridized carbons (Fsp3) is 0.444. The largest absolute Gasteiger partial charge is 0.490 e. The first-order valence-corrected chi connectivity index (χ1v) is 4.10. The van der Waals surface area contributed by atoms with Crippen LogP contribution in [0.1, 0.15) is 12.7 Å². The number of hydrogen-bond donors (Lipinski definition) is 0. The van der Waals surface area contributed by atoms with Crippen LogP contribution in [-0.2, 0) is 11.2 Å². The van der Waals surface area contributed by atoms with Crippen molar-refractivity contribution < 1.29 is 14.3 Å². The fourth-order valence-electron chi connectivity index (χ4n) is 0.984. The maximum absolute atomic E-state index is 10.8. The average molecular weight is 196 g/mol. The number of carbonyl (C=O) groups is 1. The van der Waals surface area contributed by atoms with Crippen LogP contribution in [0.25, 0.3) is 0 Å². The highest BCUT2D eigenvalue weighted by Gasteiger charge is 2.08. The fourth-order valence-corrected chi connectivity index (χ4v) is 0.984. The molecule has 5 heteroatoms. The predicted octanol–water partition coefficient (Wildman–Crippen LogP) is 0.625. The lowest BCUT2D eigenvalue weighted by atomic mass is 10.3. The van der Waals surface area contributed by atoms with Gasteiger partial charge < -0.3 is 9.47 Å². The number of aromatic nitrogens is 2. The van der Waals surface area contributed by atoms with Gasteiger partial charge in [0.15, 0.2) is 5.75 Å². The highest BCUT2D eigenvalue weighted by molar-refractivity contribution is 5.77. The Kier molecular flexibility index (Phi) is 3.39. The van der Waals surface area contributed by atoms with Crippen molar-refractivity contribution in [2.75, 3.05) is 14.2 Å². The zero-order valence-electron chi connectivity index (χ0n) is 8.40. The summed E-state index contributed by atoms with van der Waals surface area (Å²) in [5, 5.41) is 0. The third-order valence-corrected chi connectivity index (χ3v) is 1.59. The molecule has 1 aromatic heterocycles. The number of hydrogen-bond acceptors (Lipinski definition) is 5. The summed E-state index contributed by atoms with van der Waals surface area (Å²) in [6.45, 7) is 1.49. The zero-order chi connectivity index (χ0) is 10.6. The van der Waals surface area contributed by atoms with Gasteiger partial charge in [-0.15, -0.1) is 0 Å². The molecule has 0 saturated carbocycles. The Labute approximate surface area is 82.1 Å². The van der Waals surface area contributed by atoms with Gasteiger partial charge in [0.25, 0.3) is 5.88 Å². The van der Waals surface area contributed by atoms with Crippen LogP contribution in [-0.4, -0.2) is 30.0 Å². The molecule has 1 aromatic rings. The van der Waals surface area contributed by atoms with Gasteiger partial charge in [-0.05, 0) is 6.92 Å². The van der Waals surface area contributed by atoms with E-state index in [2.05, 4.69) is 9.97 Å². The van der Waals surface area contributed by atoms with Gasteiger partial charge in [-0.3, -0.25) is 4.79 Å². The smallest absolute Gasteiger partial charge is 0.260 e. The van der Waals surface area contributed by atoms with Gasteiger partial charge >= 0.3 is 0 Å². The molecule has 14 heavy (non-hydrogen) atoms. The molecule has 0 aromatic carbocycles. The zero-order valence-corrected chi connectivity index (χ0v) is 8.40. The van der Waals surface area contributed by atoms with Gasteiger partial charge in [-0.1, -0.05) is 0 Å². The number of ether oxygens (including phenoxy) is 2. The molecule has 0 atom stereocenters. The van der Waals surface area contributed by atoms with E-state index in [0.717, 1.165) is 0 Å². The van der Waals surface area contributed by atoms with Gasteiger partial charge in [-0.25, -0.2) is 4.98 Å². The first kappa shape index (κ1) is 10.4. The molecule has 1 rings (SSSR count). The molecule has 1 heterocycles. The summed E-state index contributed by atoms with van der Waals surface area (Å²) >= 11 is 0. The van der Waals surface area contributed by atoms with E-state index in [1.165, 1.54) is 27.3 Å². The second kappa shape index (κ2) is 4.55. The van der Waals surface area contributed by atoms with Gasteiger partial charge in [0.1, 0.15) is 11.6 Å². The molecule has 0 aliphatic heterocycles. The van der Waals surface area contributed by atoms with Crippen LogP contribution in [0.5, 0.6) is 11.6 Å². The number of methoxy groups -OCH3 is 2. The lowest BCUT2D eigenvalue weighted by Gasteiger charge is -2.06. The summed E-state index contributed by atoms with van der Waals surface area (Å²) in [6.07, 6.45) is 1.70. The van der Waals surface area contributed by atoms with E-state index < -0.39 is 0 Å². The van der Waals surface area contributed by atoms with Gasteiger partial charge in [-0.2, -0.15) is 4.98 Å². The minimum absolute atomic E-state index is 0.0113. The van der Waals surface area contributed by atoms with Gasteiger partial charge in [0.2, 0.25) is 0 Å². The van der Waals surface area contributed by atoms with E-state index in [9.17, 15) is 4.79 Å². The Morgan fingerprint density at radius 2 is 2.14 bits per heavy atom. The van der Waals surface area contributed by atoms with Crippen molar-refractivity contribution >= 4 is 5.78 Å². The number of Topliss-reactive ketones (excluding diaryl/α,β-unsaturated/α-hetero) is 1. The number of rotatable bonds is 4. The summed E-state index contributed by atoms with van der Waals surface area (Å²) in [4.78, 5) is 18.8. The standard InChI is InChI=1S/C9H12N2O3/c1-6(12)4-8-10-5-7(13-2)9(11-8)14-3/h5H,4H2,1-3H3. The van der Waals surface area contributed by atoms with Gasteiger partial charge in [0, 0.05) is 0 Å². The molecule has 76 valence electrons. The summed E-state index contributed by atoms with van der Waals surface area (Å²) in [5.74, 6) is 1.26. The molecule has 0 spiro atoms. The molecular formula is C9H12N2O3. The first-order chi connectivity index (χ1) is 6.67. The predicted molar refractivity (Wildman–Crippen MR) is 49.5 cm³/mol. The van der Waals surface area contributed by atoms with Crippen LogP contribution in [0.2, 0.25) is 0 Å². The maximum atomic E-state index is 10.8. The van der Waals surface area contributed by atoms with E-state index in [0.29, 0.717) is 17.5 Å². The summed E-state index contributed by atoms with van der Waals surface area (Å²) in [5.41, 5.74) is 0. The van der Waals surface area contributed by atoms with Crippen LogP contribution >= 0.6 is 0 Å². The number of carbonyl (C=O) groups excluding carboxylic acids is 1. The van der Waals surface area contributed by atoms with Crippen molar-refractivity contribution in [2.45, 2.75) is 13.3 Å². The minimum atomic E-state index is 0.0113. The van der Waals surface area contributed by atoms with E-state index >= 15 is 0 Å². The third-order valence-electron chi connectivity index (χ3n) is 1.59. The second-order valence-electron chi connectivity index (χ2n) is 2.74. The van der Waals surface area contributed by atoms with Crippen LogP contribution in [0.15, 0.2) is 6.20 Å². The third kappa shape index (κ3) is 2.42. The normalized spacial score (nSPS) is 9.64. The Morgan fingerprint density at radius 1 is 1.43 bits per heavy atom. The van der Waals surface area contributed by atoms with Crippen molar-refractivity contribution in [1.29, 1.82) is 0 Å². The highest BCUT2D eigenvalue weighted by atomic mass is 16.5. The maximum Gasteiger partial charge on any atom is 0.260 e. The molecule has 0 bridgehead atoms. The molecule has 0 aliphatic carbocycles. The Balaban J connectivity index is 2.95. The molecule has 0 amide bonds. The molecule has 0 radical (unpaired) electrons. The van der Waals surface area contributed by atoms with Crippen LogP contribution in [0, 0.1) is 0 Å². The molecule has 0 aliphatic rings. The monoisotopic (exact) mass is 196 g/mol. The van der Waals surface area contributed by atoms with E-state index in [1.807, 2.05) is 0 Å². The van der Waals surface area contributed by atoms with E-state index in [1.54, 1.807) is 0 Å². The summed E-state index contributed by atoms with van der Waals surface area (Å²) in [6, 6.07) is 0. The summed E-state index contributed by atoms with van der Waals surface area (Å²) < 4.78 is 9.93. The second-order valence-corrected chi connectivity index (χ2v) is 2.74. The minimum Gasteiger partial charge on any atom is -0.490 e. The van der Waals surface area contributed by atoms with Crippen LogP contribution < -0.4 is 9.47 Å². The molecule has 5 nitrogen and oxygen atoms in total. The van der Waals surface area contributed by atoms with Crippen LogP contribution in [0.4, 0.5) is 0 Å². The van der Waals surface area contributed by atoms with Gasteiger partial charge in [0.05, 0.1) is 26.8 Å². The molecule has 0 fully saturated rings. The molecule has 0 unspecified atom stereocenters. The Morgan fingerprint density at radius 3 is 2.64 bits per heavy atom. The Bertz CT molecular complexity index is 339. The topological polar surface area (TPSA) is 61.3 Å². The Hall–Kier alpha value is -1.65. The van der Waals surface area contributed by atoms with Crippen molar-refractivity contribution in [3.05, 3.63) is 12.0 Å². The number of nitrogens with zero attached hydrogens (tertiary/aromatic N) is 2. The molecule has 0 N–H and O–H groups in total. The average Bonchev–Trinajstić information content (AvgIpc) is 2.16. The first-order valence-electron chi connectivity index (χ1n) is 4.10. The molecular weight excluding hydrogens is 184 g/mol. The van der Waals surface area contributed by atoms with Crippen molar-refractivity contribution in [3.63, 3.8) is 0 Å². The van der Waals surface area contributed by atoms with E-state index in [-0.39, 0.29) is 12.2 Å². The lowest BCUT2D eigenvalue weighted by molar-refractivity contribution is -0.116. The summed E-state index contributed by atoms with van der Waals surface area (Å²) in [7, 11) is 2.99. The van der Waals surface area contributed by atoms with Crippen molar-refractivity contribution in [3.8, 4) is 11.6 Å². The quantitative estimate of drug-likeness (QED) is 0.706. The number of ketones is 1. The van der Waals surface area contributed by atoms with Crippen LogP contribution in [0.3, 0.4) is 0 Å².